The third-order valence-corrected chi connectivity index (χ3v) is 4.35. The van der Waals surface area contributed by atoms with Crippen molar-refractivity contribution >= 4 is 5.91 Å². The first-order chi connectivity index (χ1) is 8.72. The molecule has 2 N–H and O–H groups in total. The molecule has 2 aliphatic rings. The molecular weight excluding hydrogens is 226 g/mol. The molecule has 2 heterocycles. The highest BCUT2D eigenvalue weighted by Gasteiger charge is 2.33. The van der Waals surface area contributed by atoms with Gasteiger partial charge in [0.25, 0.3) is 0 Å². The van der Waals surface area contributed by atoms with Gasteiger partial charge in [-0.25, -0.2) is 0 Å². The van der Waals surface area contributed by atoms with E-state index in [2.05, 4.69) is 29.4 Å². The van der Waals surface area contributed by atoms with Gasteiger partial charge < -0.3 is 10.6 Å². The highest BCUT2D eigenvalue weighted by molar-refractivity contribution is 5.81. The minimum absolute atomic E-state index is 0.123. The van der Waals surface area contributed by atoms with E-state index in [-0.39, 0.29) is 11.9 Å². The summed E-state index contributed by atoms with van der Waals surface area (Å²) >= 11 is 0. The van der Waals surface area contributed by atoms with E-state index in [1.165, 1.54) is 12.8 Å². The molecule has 0 bridgehead atoms. The van der Waals surface area contributed by atoms with Crippen LogP contribution in [0.1, 0.15) is 39.5 Å². The average Bonchev–Trinajstić information content (AvgIpc) is 2.57. The van der Waals surface area contributed by atoms with Crippen LogP contribution in [-0.4, -0.2) is 49.1 Å². The fourth-order valence-corrected chi connectivity index (χ4v) is 3.30. The summed E-state index contributed by atoms with van der Waals surface area (Å²) in [7, 11) is 0. The van der Waals surface area contributed by atoms with Crippen LogP contribution in [0.4, 0.5) is 0 Å². The lowest BCUT2D eigenvalue weighted by molar-refractivity contribution is -0.127. The molecule has 4 nitrogen and oxygen atoms in total. The second kappa shape index (κ2) is 6.53. The smallest absolute Gasteiger partial charge is 0.237 e. The molecule has 18 heavy (non-hydrogen) atoms. The topological polar surface area (TPSA) is 44.4 Å². The molecule has 0 radical (unpaired) electrons. The van der Waals surface area contributed by atoms with Crippen molar-refractivity contribution in [3.05, 3.63) is 0 Å². The SMILES string of the molecule is CCNC1CCN(C2CCCCNC2=O)CC1C. The summed E-state index contributed by atoms with van der Waals surface area (Å²) < 4.78 is 0. The zero-order valence-electron chi connectivity index (χ0n) is 11.7. The Morgan fingerprint density at radius 2 is 2.22 bits per heavy atom. The summed E-state index contributed by atoms with van der Waals surface area (Å²) in [6, 6.07) is 0.748. The largest absolute Gasteiger partial charge is 0.355 e. The monoisotopic (exact) mass is 253 g/mol. The first-order valence-electron chi connectivity index (χ1n) is 7.47. The van der Waals surface area contributed by atoms with Crippen LogP contribution in [0.2, 0.25) is 0 Å². The van der Waals surface area contributed by atoms with Crippen LogP contribution in [0.25, 0.3) is 0 Å². The molecule has 3 atom stereocenters. The van der Waals surface area contributed by atoms with Crippen LogP contribution in [0, 0.1) is 5.92 Å². The maximum atomic E-state index is 12.1. The van der Waals surface area contributed by atoms with Gasteiger partial charge in [-0.15, -0.1) is 0 Å². The van der Waals surface area contributed by atoms with Gasteiger partial charge >= 0.3 is 0 Å². The zero-order chi connectivity index (χ0) is 13.0. The summed E-state index contributed by atoms with van der Waals surface area (Å²) in [5.74, 6) is 0.886. The number of hydrogen-bond acceptors (Lipinski definition) is 3. The molecule has 104 valence electrons. The Bertz CT molecular complexity index is 282. The van der Waals surface area contributed by atoms with Crippen molar-refractivity contribution in [3.63, 3.8) is 0 Å². The summed E-state index contributed by atoms with van der Waals surface area (Å²) in [4.78, 5) is 14.5. The Balaban J connectivity index is 1.92. The van der Waals surface area contributed by atoms with Crippen molar-refractivity contribution in [3.8, 4) is 0 Å². The lowest BCUT2D eigenvalue weighted by Crippen LogP contribution is -2.54. The number of hydrogen-bond donors (Lipinski definition) is 2. The minimum atomic E-state index is 0.123. The quantitative estimate of drug-likeness (QED) is 0.788. The highest BCUT2D eigenvalue weighted by Crippen LogP contribution is 2.22. The van der Waals surface area contributed by atoms with Gasteiger partial charge in [0.2, 0.25) is 5.91 Å². The number of nitrogens with one attached hydrogen (secondary N) is 2. The van der Waals surface area contributed by atoms with Gasteiger partial charge in [-0.1, -0.05) is 13.8 Å². The molecule has 3 unspecified atom stereocenters. The fourth-order valence-electron chi connectivity index (χ4n) is 3.30. The number of nitrogens with zero attached hydrogens (tertiary/aromatic N) is 1. The Kier molecular flexibility index (Phi) is 5.01. The molecule has 2 fully saturated rings. The standard InChI is InChI=1S/C14H27N3O/c1-3-15-12-7-9-17(10-11(12)2)13-6-4-5-8-16-14(13)18/h11-13,15H,3-10H2,1-2H3,(H,16,18). The van der Waals surface area contributed by atoms with E-state index in [1.54, 1.807) is 0 Å². The second-order valence-corrected chi connectivity index (χ2v) is 5.73. The molecular formula is C14H27N3O. The highest BCUT2D eigenvalue weighted by atomic mass is 16.2. The number of rotatable bonds is 3. The molecule has 0 aromatic rings. The lowest BCUT2D eigenvalue weighted by atomic mass is 9.92. The van der Waals surface area contributed by atoms with Crippen LogP contribution in [-0.2, 0) is 4.79 Å². The Labute approximate surface area is 110 Å². The van der Waals surface area contributed by atoms with Crippen molar-refractivity contribution in [2.75, 3.05) is 26.2 Å². The van der Waals surface area contributed by atoms with Crippen molar-refractivity contribution in [2.45, 2.75) is 51.6 Å². The van der Waals surface area contributed by atoms with Crippen molar-refractivity contribution in [2.24, 2.45) is 5.92 Å². The van der Waals surface area contributed by atoms with E-state index in [0.29, 0.717) is 12.0 Å². The molecule has 2 aliphatic heterocycles. The van der Waals surface area contributed by atoms with E-state index < -0.39 is 0 Å². The molecule has 0 spiro atoms. The molecule has 2 rings (SSSR count). The number of carbonyl (C=O) groups excluding carboxylic acids is 1. The van der Waals surface area contributed by atoms with E-state index in [0.717, 1.165) is 39.0 Å². The number of piperidine rings is 1. The van der Waals surface area contributed by atoms with Gasteiger partial charge in [0.05, 0.1) is 6.04 Å². The van der Waals surface area contributed by atoms with E-state index in [1.807, 2.05) is 0 Å². The van der Waals surface area contributed by atoms with Crippen molar-refractivity contribution in [1.29, 1.82) is 0 Å². The number of amides is 1. The lowest BCUT2D eigenvalue weighted by Gasteiger charge is -2.40. The molecule has 2 saturated heterocycles. The normalized spacial score (nSPS) is 35.0. The van der Waals surface area contributed by atoms with Gasteiger partial charge in [0, 0.05) is 25.7 Å². The maximum Gasteiger partial charge on any atom is 0.237 e. The zero-order valence-corrected chi connectivity index (χ0v) is 11.7. The maximum absolute atomic E-state index is 12.1. The third kappa shape index (κ3) is 3.23. The van der Waals surface area contributed by atoms with Crippen LogP contribution in [0.5, 0.6) is 0 Å². The molecule has 0 aromatic carbocycles. The van der Waals surface area contributed by atoms with Crippen molar-refractivity contribution < 1.29 is 4.79 Å². The summed E-state index contributed by atoms with van der Waals surface area (Å²) in [6.07, 6.45) is 4.50. The Morgan fingerprint density at radius 3 is 2.94 bits per heavy atom. The van der Waals surface area contributed by atoms with Gasteiger partial charge in [0.1, 0.15) is 0 Å². The van der Waals surface area contributed by atoms with Crippen LogP contribution >= 0.6 is 0 Å². The summed E-state index contributed by atoms with van der Waals surface area (Å²) in [5.41, 5.74) is 0. The molecule has 0 saturated carbocycles. The molecule has 1 amide bonds. The number of carbonyl (C=O) groups is 1. The molecule has 0 aromatic heterocycles. The Morgan fingerprint density at radius 1 is 1.39 bits per heavy atom. The molecule has 4 heteroatoms. The first kappa shape index (κ1) is 13.8. The van der Waals surface area contributed by atoms with E-state index >= 15 is 0 Å². The van der Waals surface area contributed by atoms with Crippen LogP contribution in [0.3, 0.4) is 0 Å². The Hall–Kier alpha value is -0.610. The van der Waals surface area contributed by atoms with Gasteiger partial charge in [-0.05, 0) is 38.1 Å². The predicted octanol–water partition coefficient (Wildman–Crippen LogP) is 0.975. The average molecular weight is 253 g/mol. The molecule has 0 aliphatic carbocycles. The van der Waals surface area contributed by atoms with Gasteiger partial charge in [-0.2, -0.15) is 0 Å². The summed E-state index contributed by atoms with van der Waals surface area (Å²) in [5, 5.41) is 6.60. The number of likely N-dealkylation sites (tertiary alicyclic amines) is 1. The van der Waals surface area contributed by atoms with Gasteiger partial charge in [-0.3, -0.25) is 9.69 Å². The van der Waals surface area contributed by atoms with Gasteiger partial charge in [0.15, 0.2) is 0 Å². The second-order valence-electron chi connectivity index (χ2n) is 5.73. The fraction of sp³-hybridized carbons (Fsp3) is 0.929. The van der Waals surface area contributed by atoms with Crippen LogP contribution < -0.4 is 10.6 Å². The third-order valence-electron chi connectivity index (χ3n) is 4.35. The first-order valence-corrected chi connectivity index (χ1v) is 7.47. The van der Waals surface area contributed by atoms with Crippen molar-refractivity contribution in [1.82, 2.24) is 15.5 Å². The summed E-state index contributed by atoms with van der Waals surface area (Å²) in [6.45, 7) is 8.47. The van der Waals surface area contributed by atoms with E-state index in [4.69, 9.17) is 0 Å². The van der Waals surface area contributed by atoms with Crippen LogP contribution in [0.15, 0.2) is 0 Å². The minimum Gasteiger partial charge on any atom is -0.355 e. The van der Waals surface area contributed by atoms with E-state index in [9.17, 15) is 4.79 Å². The predicted molar refractivity (Wildman–Crippen MR) is 73.5 cm³/mol.